The first-order chi connectivity index (χ1) is 14.1. The summed E-state index contributed by atoms with van der Waals surface area (Å²) in [5.74, 6) is 0.649. The smallest absolute Gasteiger partial charge is 0.271 e. The molecule has 1 aromatic carbocycles. The number of nitrogens with zero attached hydrogens (tertiary/aromatic N) is 4. The van der Waals surface area contributed by atoms with Crippen molar-refractivity contribution in [3.05, 3.63) is 48.3 Å². The van der Waals surface area contributed by atoms with Crippen LogP contribution >= 0.6 is 0 Å². The molecule has 3 aromatic rings. The van der Waals surface area contributed by atoms with Crippen molar-refractivity contribution < 1.29 is 14.3 Å². The highest BCUT2D eigenvalue weighted by Crippen LogP contribution is 2.29. The van der Waals surface area contributed by atoms with Gasteiger partial charge in [0.05, 0.1) is 18.7 Å². The van der Waals surface area contributed by atoms with Gasteiger partial charge < -0.3 is 15.0 Å². The number of amides is 2. The highest BCUT2D eigenvalue weighted by atomic mass is 16.5. The van der Waals surface area contributed by atoms with Crippen LogP contribution in [-0.2, 0) is 11.3 Å². The summed E-state index contributed by atoms with van der Waals surface area (Å²) in [5.41, 5.74) is 1.82. The molecule has 2 amide bonds. The first-order valence-corrected chi connectivity index (χ1v) is 9.41. The minimum absolute atomic E-state index is 0.130. The topological polar surface area (TPSA) is 105 Å². The molecule has 9 heteroatoms. The third-order valence-corrected chi connectivity index (χ3v) is 4.95. The number of carbonyl (C=O) groups is 2. The van der Waals surface area contributed by atoms with Crippen molar-refractivity contribution in [3.63, 3.8) is 0 Å². The van der Waals surface area contributed by atoms with Crippen molar-refractivity contribution in [3.8, 4) is 17.0 Å². The average molecular weight is 394 g/mol. The number of rotatable bonds is 6. The van der Waals surface area contributed by atoms with Crippen molar-refractivity contribution in [1.82, 2.24) is 24.9 Å². The number of aryl methyl sites for hydroxylation is 1. The highest BCUT2D eigenvalue weighted by molar-refractivity contribution is 5.97. The lowest BCUT2D eigenvalue weighted by molar-refractivity contribution is -0.123. The molecule has 9 nitrogen and oxygen atoms in total. The molecular formula is C20H22N6O3. The molecular weight excluding hydrogens is 372 g/mol. The van der Waals surface area contributed by atoms with Crippen LogP contribution in [0, 0.1) is 5.92 Å². The second-order valence-corrected chi connectivity index (χ2v) is 6.82. The van der Waals surface area contributed by atoms with E-state index in [0.29, 0.717) is 36.0 Å². The van der Waals surface area contributed by atoms with Gasteiger partial charge in [-0.3, -0.25) is 19.4 Å². The molecule has 0 atom stereocenters. The Labute approximate surface area is 167 Å². The van der Waals surface area contributed by atoms with E-state index in [0.717, 1.165) is 12.1 Å². The molecule has 0 saturated carbocycles. The maximum absolute atomic E-state index is 12.7. The van der Waals surface area contributed by atoms with E-state index in [1.54, 1.807) is 28.8 Å². The number of hydrogen-bond donors (Lipinski definition) is 2. The van der Waals surface area contributed by atoms with Crippen LogP contribution in [-0.4, -0.2) is 56.9 Å². The minimum Gasteiger partial charge on any atom is -0.496 e. The summed E-state index contributed by atoms with van der Waals surface area (Å²) >= 11 is 0. The van der Waals surface area contributed by atoms with Gasteiger partial charge in [0.1, 0.15) is 11.4 Å². The van der Waals surface area contributed by atoms with Crippen molar-refractivity contribution in [2.45, 2.75) is 13.5 Å². The quantitative estimate of drug-likeness (QED) is 0.665. The van der Waals surface area contributed by atoms with Gasteiger partial charge in [0, 0.05) is 37.5 Å². The van der Waals surface area contributed by atoms with Crippen LogP contribution in [0.1, 0.15) is 17.4 Å². The van der Waals surface area contributed by atoms with Crippen LogP contribution in [0.4, 0.5) is 5.82 Å². The monoisotopic (exact) mass is 394 g/mol. The Bertz CT molecular complexity index is 1030. The molecule has 0 radical (unpaired) electrons. The molecule has 2 N–H and O–H groups in total. The third kappa shape index (κ3) is 3.71. The summed E-state index contributed by atoms with van der Waals surface area (Å²) in [6, 6.07) is 10.9. The van der Waals surface area contributed by atoms with Gasteiger partial charge in [0.15, 0.2) is 5.82 Å². The van der Waals surface area contributed by atoms with E-state index in [1.165, 1.54) is 0 Å². The summed E-state index contributed by atoms with van der Waals surface area (Å²) < 4.78 is 7.09. The summed E-state index contributed by atoms with van der Waals surface area (Å²) in [5, 5.41) is 14.1. The third-order valence-electron chi connectivity index (χ3n) is 4.95. The van der Waals surface area contributed by atoms with Crippen LogP contribution in [0.25, 0.3) is 11.3 Å². The van der Waals surface area contributed by atoms with Gasteiger partial charge >= 0.3 is 0 Å². The van der Waals surface area contributed by atoms with Crippen LogP contribution in [0.3, 0.4) is 0 Å². The number of likely N-dealkylation sites (tertiary alicyclic amines) is 1. The summed E-state index contributed by atoms with van der Waals surface area (Å²) in [6.45, 7) is 3.44. The fourth-order valence-corrected chi connectivity index (χ4v) is 3.24. The van der Waals surface area contributed by atoms with Gasteiger partial charge in [-0.25, -0.2) is 0 Å². The summed E-state index contributed by atoms with van der Waals surface area (Å²) in [6.07, 6.45) is 1.81. The number of para-hydroxylation sites is 1. The SMILES string of the molecule is CCn1ccc(NC(=O)C2CN(C(=O)c3cc(-c4ccccc4OC)n[nH]3)C2)n1. The van der Waals surface area contributed by atoms with Gasteiger partial charge in [0.2, 0.25) is 5.91 Å². The number of benzene rings is 1. The van der Waals surface area contributed by atoms with Crippen LogP contribution in [0.5, 0.6) is 5.75 Å². The highest BCUT2D eigenvalue weighted by Gasteiger charge is 2.37. The van der Waals surface area contributed by atoms with E-state index in [4.69, 9.17) is 4.74 Å². The first kappa shape index (κ1) is 18.7. The van der Waals surface area contributed by atoms with E-state index in [-0.39, 0.29) is 17.7 Å². The number of carbonyl (C=O) groups excluding carboxylic acids is 2. The van der Waals surface area contributed by atoms with Crippen molar-refractivity contribution in [2.75, 3.05) is 25.5 Å². The molecule has 0 aliphatic carbocycles. The normalized spacial score (nSPS) is 13.8. The number of aromatic nitrogens is 4. The Kier molecular flexibility index (Phi) is 5.03. The van der Waals surface area contributed by atoms with E-state index in [2.05, 4.69) is 20.6 Å². The number of nitrogens with one attached hydrogen (secondary N) is 2. The lowest BCUT2D eigenvalue weighted by Crippen LogP contribution is -2.54. The lowest BCUT2D eigenvalue weighted by atomic mass is 9.98. The van der Waals surface area contributed by atoms with Crippen LogP contribution in [0.2, 0.25) is 0 Å². The zero-order chi connectivity index (χ0) is 20.4. The number of ether oxygens (including phenoxy) is 1. The number of hydrogen-bond acceptors (Lipinski definition) is 5. The molecule has 2 aromatic heterocycles. The van der Waals surface area contributed by atoms with Crippen LogP contribution < -0.4 is 10.1 Å². The molecule has 4 rings (SSSR count). The van der Waals surface area contributed by atoms with Crippen molar-refractivity contribution >= 4 is 17.6 Å². The first-order valence-electron chi connectivity index (χ1n) is 9.41. The molecule has 29 heavy (non-hydrogen) atoms. The zero-order valence-corrected chi connectivity index (χ0v) is 16.3. The maximum atomic E-state index is 12.7. The van der Waals surface area contributed by atoms with Gasteiger partial charge in [-0.2, -0.15) is 10.2 Å². The average Bonchev–Trinajstić information content (AvgIpc) is 3.36. The summed E-state index contributed by atoms with van der Waals surface area (Å²) in [7, 11) is 1.59. The van der Waals surface area contributed by atoms with Crippen LogP contribution in [0.15, 0.2) is 42.6 Å². The fourth-order valence-electron chi connectivity index (χ4n) is 3.24. The standard InChI is InChI=1S/C20H22N6O3/c1-3-26-9-8-18(24-26)21-19(27)13-11-25(12-13)20(28)16-10-15(22-23-16)14-6-4-5-7-17(14)29-2/h4-10,13H,3,11-12H2,1-2H3,(H,22,23)(H,21,24,27). The van der Waals surface area contributed by atoms with Gasteiger partial charge in [-0.1, -0.05) is 12.1 Å². The molecule has 0 unspecified atom stereocenters. The molecule has 1 aliphatic rings. The van der Waals surface area contributed by atoms with E-state index in [1.807, 2.05) is 37.4 Å². The Balaban J connectivity index is 1.36. The second-order valence-electron chi connectivity index (χ2n) is 6.82. The largest absolute Gasteiger partial charge is 0.496 e. The minimum atomic E-state index is -0.248. The van der Waals surface area contributed by atoms with Crippen molar-refractivity contribution in [2.24, 2.45) is 5.92 Å². The van der Waals surface area contributed by atoms with E-state index >= 15 is 0 Å². The predicted molar refractivity (Wildman–Crippen MR) is 106 cm³/mol. The molecule has 150 valence electrons. The Hall–Kier alpha value is -3.62. The predicted octanol–water partition coefficient (Wildman–Crippen LogP) is 2.01. The van der Waals surface area contributed by atoms with Crippen molar-refractivity contribution in [1.29, 1.82) is 0 Å². The molecule has 1 saturated heterocycles. The number of anilines is 1. The maximum Gasteiger partial charge on any atom is 0.271 e. The zero-order valence-electron chi connectivity index (χ0n) is 16.3. The Morgan fingerprint density at radius 2 is 2.07 bits per heavy atom. The van der Waals surface area contributed by atoms with Gasteiger partial charge in [0.25, 0.3) is 5.91 Å². The molecule has 1 fully saturated rings. The molecule has 1 aliphatic heterocycles. The molecule has 0 bridgehead atoms. The second kappa shape index (κ2) is 7.78. The summed E-state index contributed by atoms with van der Waals surface area (Å²) in [4.78, 5) is 26.6. The van der Waals surface area contributed by atoms with E-state index < -0.39 is 0 Å². The molecule has 3 heterocycles. The Morgan fingerprint density at radius 3 is 2.79 bits per heavy atom. The Morgan fingerprint density at radius 1 is 1.28 bits per heavy atom. The number of H-pyrrole nitrogens is 1. The number of methoxy groups -OCH3 is 1. The molecule has 0 spiro atoms. The fraction of sp³-hybridized carbons (Fsp3) is 0.300. The van der Waals surface area contributed by atoms with Gasteiger partial charge in [-0.05, 0) is 25.1 Å². The number of aromatic amines is 1. The lowest BCUT2D eigenvalue weighted by Gasteiger charge is -2.37. The van der Waals surface area contributed by atoms with Gasteiger partial charge in [-0.15, -0.1) is 0 Å². The van der Waals surface area contributed by atoms with E-state index in [9.17, 15) is 9.59 Å².